The van der Waals surface area contributed by atoms with Gasteiger partial charge in [-0.25, -0.2) is 4.79 Å². The van der Waals surface area contributed by atoms with Crippen LogP contribution in [0.4, 0.5) is 13.2 Å². The Morgan fingerprint density at radius 1 is 1.73 bits per heavy atom. The van der Waals surface area contributed by atoms with E-state index in [1.807, 2.05) is 0 Å². The summed E-state index contributed by atoms with van der Waals surface area (Å²) in [6, 6.07) is 0. The molecule has 5 heteroatoms. The molecule has 0 unspecified atom stereocenters. The third kappa shape index (κ3) is 5.44. The molecule has 0 atom stereocenters. The first kappa shape index (κ1) is 8.10. The number of hydrogen-bond donors (Lipinski definition) is 0. The maximum atomic E-state index is 11.4. The van der Waals surface area contributed by atoms with Crippen LogP contribution in [0, 0.1) is 0 Å². The van der Waals surface area contributed by atoms with Crippen molar-refractivity contribution in [1.29, 1.82) is 0 Å². The van der Waals surface area contributed by atoms with Crippen LogP contribution >= 0.6 is 0 Å². The second-order valence-electron chi connectivity index (χ2n) is 1.87. The van der Waals surface area contributed by atoms with Crippen molar-refractivity contribution in [2.75, 3.05) is 6.61 Å². The molecule has 0 amide bonds. The first-order chi connectivity index (χ1) is 5.37. The van der Waals surface area contributed by atoms with Gasteiger partial charge in [0.2, 0.25) is 0 Å². The molecule has 0 rings (SSSR count). The summed E-state index contributed by atoms with van der Waals surface area (Å²) in [7, 11) is 0. The molecule has 11 heavy (non-hydrogen) atoms. The molecule has 0 saturated carbocycles. The summed E-state index contributed by atoms with van der Waals surface area (Å²) in [6.45, 7) is 0.224. The Morgan fingerprint density at radius 3 is 2.64 bits per heavy atom. The highest BCUT2D eigenvalue weighted by molar-refractivity contribution is 5.86. The quantitative estimate of drug-likeness (QED) is 0.464. The minimum atomic E-state index is -4.52. The van der Waals surface area contributed by atoms with Gasteiger partial charge in [-0.3, -0.25) is 0 Å². The Kier molecular flexibility index (Phi) is 2.51. The van der Waals surface area contributed by atoms with Crippen molar-refractivity contribution >= 4 is 5.97 Å². The third-order valence-corrected chi connectivity index (χ3v) is 0.689. The molecule has 0 fully saturated rings. The van der Waals surface area contributed by atoms with E-state index in [0.717, 1.165) is 0 Å². The number of alkyl halides is 3. The molecule has 0 aliphatic carbocycles. The fraction of sp³-hybridized carbons (Fsp3) is 0.500. The Balaban J connectivity index is 3.89. The predicted molar refractivity (Wildman–Crippen MR) is 31.8 cm³/mol. The van der Waals surface area contributed by atoms with Crippen LogP contribution in [0.2, 0.25) is 0 Å². The Bertz CT molecular complexity index is 197. The zero-order chi connectivity index (χ0) is 9.78. The lowest BCUT2D eigenvalue weighted by molar-refractivity contribution is -0.183. The second-order valence-corrected chi connectivity index (χ2v) is 1.87. The van der Waals surface area contributed by atoms with Crippen molar-refractivity contribution in [1.82, 2.24) is 0 Å². The molecular formula is C6H7F3O2. The molecule has 0 bridgehead atoms. The fourth-order valence-electron chi connectivity index (χ4n) is 0.261. The predicted octanol–water partition coefficient (Wildman–Crippen LogP) is 1.67. The van der Waals surface area contributed by atoms with E-state index in [9.17, 15) is 18.0 Å². The molecule has 0 aromatic carbocycles. The third-order valence-electron chi connectivity index (χ3n) is 0.689. The van der Waals surface area contributed by atoms with Gasteiger partial charge in [-0.15, -0.1) is 0 Å². The lowest BCUT2D eigenvalue weighted by Gasteiger charge is -2.06. The van der Waals surface area contributed by atoms with Gasteiger partial charge in [-0.1, -0.05) is 6.55 Å². The lowest BCUT2D eigenvalue weighted by atomic mass is 10.4. The van der Waals surface area contributed by atoms with E-state index < -0.39 is 18.8 Å². The number of hydrogen-bond acceptors (Lipinski definition) is 2. The summed E-state index contributed by atoms with van der Waals surface area (Å²) in [5, 5.41) is 0. The highest BCUT2D eigenvalue weighted by Crippen LogP contribution is 2.14. The van der Waals surface area contributed by atoms with Gasteiger partial charge in [0.1, 0.15) is 0 Å². The number of rotatable bonds is 2. The summed E-state index contributed by atoms with van der Waals surface area (Å²) in [5.74, 6) is -1.12. The van der Waals surface area contributed by atoms with Crippen LogP contribution in [0.3, 0.4) is 0 Å². The average molecular weight is 169 g/mol. The van der Waals surface area contributed by atoms with Gasteiger partial charge in [0.25, 0.3) is 0 Å². The fourth-order valence-corrected chi connectivity index (χ4v) is 0.261. The van der Waals surface area contributed by atoms with Crippen LogP contribution in [0.15, 0.2) is 12.1 Å². The topological polar surface area (TPSA) is 26.3 Å². The summed E-state index contributed by atoms with van der Waals surface area (Å²) in [6.07, 6.45) is -4.52. The number of halogens is 3. The second kappa shape index (κ2) is 3.41. The van der Waals surface area contributed by atoms with Crippen molar-refractivity contribution in [2.45, 2.75) is 13.1 Å². The van der Waals surface area contributed by atoms with Gasteiger partial charge in [-0.05, 0) is 6.92 Å². The first-order valence-electron chi connectivity index (χ1n) is 3.23. The van der Waals surface area contributed by atoms with Crippen LogP contribution in [0.25, 0.3) is 0 Å². The Morgan fingerprint density at radius 2 is 2.27 bits per heavy atom. The van der Waals surface area contributed by atoms with Crippen LogP contribution in [0.5, 0.6) is 0 Å². The molecule has 0 N–H and O–H groups in total. The molecule has 0 spiro atoms. The van der Waals surface area contributed by atoms with Gasteiger partial charge in [0, 0.05) is 5.57 Å². The first-order valence-corrected chi connectivity index (χ1v) is 2.66. The number of carbonyl (C=O) groups excluding carboxylic acids is 1. The number of esters is 1. The minimum absolute atomic E-state index is 0.167. The molecular weight excluding hydrogens is 161 g/mol. The molecule has 0 heterocycles. The minimum Gasteiger partial charge on any atom is -0.453 e. The summed E-state index contributed by atoms with van der Waals surface area (Å²) >= 11 is 0. The molecule has 0 saturated heterocycles. The van der Waals surface area contributed by atoms with Crippen molar-refractivity contribution in [3.8, 4) is 0 Å². The van der Waals surface area contributed by atoms with Crippen LogP contribution in [-0.4, -0.2) is 18.8 Å². The van der Waals surface area contributed by atoms with E-state index in [1.54, 1.807) is 0 Å². The zero-order valence-electron chi connectivity index (χ0n) is 6.73. The van der Waals surface area contributed by atoms with Crippen molar-refractivity contribution in [2.24, 2.45) is 0 Å². The van der Waals surface area contributed by atoms with Gasteiger partial charge in [-0.2, -0.15) is 13.2 Å². The molecule has 0 radical (unpaired) electrons. The largest absolute Gasteiger partial charge is 0.453 e. The van der Waals surface area contributed by atoms with Crippen molar-refractivity contribution < 1.29 is 24.1 Å². The Hall–Kier alpha value is -1.00. The molecule has 0 aromatic rings. The highest BCUT2D eigenvalue weighted by Gasteiger charge is 2.29. The average Bonchev–Trinajstić information content (AvgIpc) is 1.97. The van der Waals surface area contributed by atoms with E-state index >= 15 is 0 Å². The molecule has 2 nitrogen and oxygen atoms in total. The highest BCUT2D eigenvalue weighted by atomic mass is 19.4. The van der Waals surface area contributed by atoms with E-state index in [2.05, 4.69) is 4.74 Å². The molecule has 0 aliphatic heterocycles. The van der Waals surface area contributed by atoms with E-state index in [0.29, 0.717) is 6.55 Å². The standard InChI is InChI=1S/C6H7F3O2/c1-4(2)5(10)11-3-6(7,8)9/h1,3H2,2H3/i1D. The molecule has 0 aromatic heterocycles. The normalized spacial score (nSPS) is 14.2. The van der Waals surface area contributed by atoms with E-state index in [4.69, 9.17) is 1.37 Å². The van der Waals surface area contributed by atoms with Gasteiger partial charge < -0.3 is 4.74 Å². The molecule has 64 valence electrons. The number of ether oxygens (including phenoxy) is 1. The maximum absolute atomic E-state index is 11.4. The van der Waals surface area contributed by atoms with Crippen LogP contribution in [-0.2, 0) is 9.53 Å². The smallest absolute Gasteiger partial charge is 0.422 e. The van der Waals surface area contributed by atoms with Crippen molar-refractivity contribution in [3.63, 3.8) is 0 Å². The van der Waals surface area contributed by atoms with Gasteiger partial charge in [0.05, 0.1) is 1.37 Å². The maximum Gasteiger partial charge on any atom is 0.422 e. The van der Waals surface area contributed by atoms with E-state index in [-0.39, 0.29) is 5.57 Å². The Labute approximate surface area is 63.1 Å². The van der Waals surface area contributed by atoms with Crippen LogP contribution < -0.4 is 0 Å². The number of carbonyl (C=O) groups is 1. The summed E-state index contributed by atoms with van der Waals surface area (Å²) in [5.41, 5.74) is -0.167. The lowest BCUT2D eigenvalue weighted by Crippen LogP contribution is -2.20. The summed E-state index contributed by atoms with van der Waals surface area (Å²) < 4.78 is 44.7. The zero-order valence-corrected chi connectivity index (χ0v) is 5.73. The van der Waals surface area contributed by atoms with Gasteiger partial charge in [0.15, 0.2) is 6.61 Å². The summed E-state index contributed by atoms with van der Waals surface area (Å²) in [4.78, 5) is 10.5. The molecule has 0 aliphatic rings. The van der Waals surface area contributed by atoms with Crippen molar-refractivity contribution in [3.05, 3.63) is 12.1 Å². The van der Waals surface area contributed by atoms with Gasteiger partial charge >= 0.3 is 12.1 Å². The SMILES string of the molecule is [2H]C=C(C)C(=O)OCC(F)(F)F. The van der Waals surface area contributed by atoms with E-state index in [1.165, 1.54) is 6.92 Å². The van der Waals surface area contributed by atoms with Crippen LogP contribution in [0.1, 0.15) is 8.29 Å². The monoisotopic (exact) mass is 169 g/mol.